The number of aliphatic carboxylic acids is 1. The van der Waals surface area contributed by atoms with Gasteiger partial charge in [0.25, 0.3) is 5.91 Å². The van der Waals surface area contributed by atoms with E-state index in [1.54, 1.807) is 6.07 Å². The molecule has 0 radical (unpaired) electrons. The first-order chi connectivity index (χ1) is 15.5. The molecule has 0 atom stereocenters. The average Bonchev–Trinajstić information content (AvgIpc) is 3.19. The van der Waals surface area contributed by atoms with Gasteiger partial charge in [0.1, 0.15) is 0 Å². The van der Waals surface area contributed by atoms with Crippen LogP contribution < -0.4 is 5.32 Å². The molecule has 32 heavy (non-hydrogen) atoms. The maximum atomic E-state index is 12.7. The van der Waals surface area contributed by atoms with E-state index in [0.717, 1.165) is 40.8 Å². The molecule has 1 fully saturated rings. The summed E-state index contributed by atoms with van der Waals surface area (Å²) in [5.74, 6) is -0.612. The Hall–Kier alpha value is -3.16. The number of likely N-dealkylation sites (tertiary alicyclic amines) is 1. The standard InChI is InChI=1S/C24H22ClN3O4/c25-20-4-2-1-3-16(20)10-26-23(29)21-19-8-6-15-9-14(5-7-18(15)22(19)32-27-21)11-28-12-17(13-28)24(30)31/h1-5,7,9,17H,6,8,10-13H2,(H,26,29)(H,30,31). The number of carboxylic acid groups (broad SMARTS) is 1. The van der Waals surface area contributed by atoms with Crippen LogP contribution in [-0.2, 0) is 30.7 Å². The number of carbonyl (C=O) groups is 2. The molecule has 1 aliphatic heterocycles. The van der Waals surface area contributed by atoms with Crippen LogP contribution in [0, 0.1) is 5.92 Å². The first kappa shape index (κ1) is 20.7. The summed E-state index contributed by atoms with van der Waals surface area (Å²) in [5.41, 5.74) is 5.25. The van der Waals surface area contributed by atoms with Gasteiger partial charge in [-0.2, -0.15) is 0 Å². The third-order valence-corrected chi connectivity index (χ3v) is 6.54. The zero-order valence-corrected chi connectivity index (χ0v) is 18.1. The molecule has 3 aromatic rings. The number of fused-ring (bicyclic) bond motifs is 3. The number of carbonyl (C=O) groups excluding carboxylic acids is 1. The molecule has 2 heterocycles. The zero-order valence-electron chi connectivity index (χ0n) is 17.3. The van der Waals surface area contributed by atoms with Crippen LogP contribution in [0.25, 0.3) is 11.3 Å². The van der Waals surface area contributed by atoms with Gasteiger partial charge in [-0.3, -0.25) is 14.5 Å². The summed E-state index contributed by atoms with van der Waals surface area (Å²) in [4.78, 5) is 25.9. The molecule has 1 amide bonds. The monoisotopic (exact) mass is 451 g/mol. The van der Waals surface area contributed by atoms with E-state index < -0.39 is 5.97 Å². The molecule has 0 saturated carbocycles. The van der Waals surface area contributed by atoms with E-state index >= 15 is 0 Å². The lowest BCUT2D eigenvalue weighted by Crippen LogP contribution is -2.49. The molecule has 2 aliphatic rings. The van der Waals surface area contributed by atoms with Gasteiger partial charge < -0.3 is 14.9 Å². The summed E-state index contributed by atoms with van der Waals surface area (Å²) in [5, 5.41) is 16.6. The molecule has 1 aliphatic carbocycles. The lowest BCUT2D eigenvalue weighted by Gasteiger charge is -2.36. The van der Waals surface area contributed by atoms with Gasteiger partial charge >= 0.3 is 5.97 Å². The number of hydrogen-bond donors (Lipinski definition) is 2. The van der Waals surface area contributed by atoms with Crippen LogP contribution in [0.4, 0.5) is 0 Å². The summed E-state index contributed by atoms with van der Waals surface area (Å²) in [6, 6.07) is 13.6. The van der Waals surface area contributed by atoms with Gasteiger partial charge in [0, 0.05) is 42.3 Å². The second kappa shape index (κ2) is 8.41. The number of rotatable bonds is 6. The minimum atomic E-state index is -0.726. The van der Waals surface area contributed by atoms with E-state index in [4.69, 9.17) is 21.2 Å². The van der Waals surface area contributed by atoms with Crippen LogP contribution in [0.2, 0.25) is 5.02 Å². The fourth-order valence-electron chi connectivity index (χ4n) is 4.38. The van der Waals surface area contributed by atoms with E-state index in [-0.39, 0.29) is 11.8 Å². The molecule has 2 aromatic carbocycles. The molecule has 5 rings (SSSR count). The SMILES string of the molecule is O=C(NCc1ccccc1Cl)c1noc2c1CCc1cc(CN3CC(C(=O)O)C3)ccc1-2. The van der Waals surface area contributed by atoms with Crippen LogP contribution in [0.15, 0.2) is 47.0 Å². The van der Waals surface area contributed by atoms with E-state index in [0.29, 0.717) is 42.5 Å². The maximum Gasteiger partial charge on any atom is 0.309 e. The summed E-state index contributed by atoms with van der Waals surface area (Å²) in [7, 11) is 0. The predicted molar refractivity (Wildman–Crippen MR) is 118 cm³/mol. The molecular weight excluding hydrogens is 430 g/mol. The second-order valence-corrected chi connectivity index (χ2v) is 8.74. The number of hydrogen-bond acceptors (Lipinski definition) is 5. The molecule has 0 spiro atoms. The lowest BCUT2D eigenvalue weighted by molar-refractivity contribution is -0.147. The Labute approximate surface area is 190 Å². The van der Waals surface area contributed by atoms with Gasteiger partial charge in [-0.15, -0.1) is 0 Å². The Morgan fingerprint density at radius 2 is 2.00 bits per heavy atom. The number of aromatic nitrogens is 1. The Morgan fingerprint density at radius 3 is 2.78 bits per heavy atom. The van der Waals surface area contributed by atoms with E-state index in [1.807, 2.05) is 30.3 Å². The van der Waals surface area contributed by atoms with Crippen molar-refractivity contribution in [3.05, 3.63) is 75.4 Å². The van der Waals surface area contributed by atoms with Gasteiger partial charge in [0.15, 0.2) is 11.5 Å². The molecule has 7 nitrogen and oxygen atoms in total. The smallest absolute Gasteiger partial charge is 0.309 e. The molecule has 1 saturated heterocycles. The predicted octanol–water partition coefficient (Wildman–Crippen LogP) is 3.54. The first-order valence-electron chi connectivity index (χ1n) is 10.6. The normalized spacial score (nSPS) is 15.5. The van der Waals surface area contributed by atoms with Crippen molar-refractivity contribution in [1.29, 1.82) is 0 Å². The van der Waals surface area contributed by atoms with Crippen molar-refractivity contribution in [2.45, 2.75) is 25.9 Å². The summed E-state index contributed by atoms with van der Waals surface area (Å²) in [6.45, 7) is 2.23. The van der Waals surface area contributed by atoms with Crippen LogP contribution in [0.3, 0.4) is 0 Å². The van der Waals surface area contributed by atoms with Gasteiger partial charge in [0.2, 0.25) is 0 Å². The molecule has 8 heteroatoms. The minimum absolute atomic E-state index is 0.258. The highest BCUT2D eigenvalue weighted by atomic mass is 35.5. The van der Waals surface area contributed by atoms with Crippen molar-refractivity contribution in [2.24, 2.45) is 5.92 Å². The molecule has 0 bridgehead atoms. The van der Waals surface area contributed by atoms with Crippen molar-refractivity contribution in [1.82, 2.24) is 15.4 Å². The van der Waals surface area contributed by atoms with Crippen molar-refractivity contribution in [3.63, 3.8) is 0 Å². The molecular formula is C24H22ClN3O4. The Balaban J connectivity index is 1.28. The highest BCUT2D eigenvalue weighted by molar-refractivity contribution is 6.31. The van der Waals surface area contributed by atoms with Crippen LogP contribution in [-0.4, -0.2) is 40.1 Å². The van der Waals surface area contributed by atoms with Crippen LogP contribution in [0.1, 0.15) is 32.7 Å². The quantitative estimate of drug-likeness (QED) is 0.595. The Morgan fingerprint density at radius 1 is 1.19 bits per heavy atom. The highest BCUT2D eigenvalue weighted by Gasteiger charge is 2.33. The fourth-order valence-corrected chi connectivity index (χ4v) is 4.58. The number of aryl methyl sites for hydroxylation is 1. The number of nitrogens with one attached hydrogen (secondary N) is 1. The Kier molecular flexibility index (Phi) is 5.45. The molecule has 164 valence electrons. The summed E-state index contributed by atoms with van der Waals surface area (Å²) >= 11 is 6.17. The van der Waals surface area contributed by atoms with Crippen molar-refractivity contribution in [3.8, 4) is 11.3 Å². The van der Waals surface area contributed by atoms with E-state index in [1.165, 1.54) is 0 Å². The average molecular weight is 452 g/mol. The maximum absolute atomic E-state index is 12.7. The van der Waals surface area contributed by atoms with Crippen LogP contribution >= 0.6 is 11.6 Å². The van der Waals surface area contributed by atoms with Gasteiger partial charge in [-0.25, -0.2) is 0 Å². The van der Waals surface area contributed by atoms with Crippen molar-refractivity contribution in [2.75, 3.05) is 13.1 Å². The summed E-state index contributed by atoms with van der Waals surface area (Å²) in [6.07, 6.45) is 1.47. The molecule has 0 unspecified atom stereocenters. The Bertz CT molecular complexity index is 1200. The molecule has 1 aromatic heterocycles. The number of nitrogens with zero attached hydrogens (tertiary/aromatic N) is 2. The fraction of sp³-hybridized carbons (Fsp3) is 0.292. The van der Waals surface area contributed by atoms with Crippen molar-refractivity contribution >= 4 is 23.5 Å². The number of carboxylic acids is 1. The minimum Gasteiger partial charge on any atom is -0.481 e. The third-order valence-electron chi connectivity index (χ3n) is 6.17. The first-order valence-corrected chi connectivity index (χ1v) is 10.9. The molecule has 2 N–H and O–H groups in total. The zero-order chi connectivity index (χ0) is 22.2. The van der Waals surface area contributed by atoms with Crippen LogP contribution in [0.5, 0.6) is 0 Å². The highest BCUT2D eigenvalue weighted by Crippen LogP contribution is 2.36. The number of amides is 1. The lowest BCUT2D eigenvalue weighted by atomic mass is 9.88. The largest absolute Gasteiger partial charge is 0.481 e. The van der Waals surface area contributed by atoms with Crippen molar-refractivity contribution < 1.29 is 19.2 Å². The third kappa shape index (κ3) is 3.89. The number of halogens is 1. The van der Waals surface area contributed by atoms with E-state index in [2.05, 4.69) is 21.4 Å². The summed E-state index contributed by atoms with van der Waals surface area (Å²) < 4.78 is 5.59. The van der Waals surface area contributed by atoms with Gasteiger partial charge in [-0.1, -0.05) is 53.2 Å². The van der Waals surface area contributed by atoms with Gasteiger partial charge in [-0.05, 0) is 35.6 Å². The number of benzene rings is 2. The van der Waals surface area contributed by atoms with E-state index in [9.17, 15) is 9.59 Å². The van der Waals surface area contributed by atoms with Gasteiger partial charge in [0.05, 0.1) is 5.92 Å². The second-order valence-electron chi connectivity index (χ2n) is 8.33. The topological polar surface area (TPSA) is 95.7 Å².